The van der Waals surface area contributed by atoms with Crippen molar-refractivity contribution in [3.05, 3.63) is 59.0 Å². The normalized spacial score (nSPS) is 11.3. The molecule has 30 heavy (non-hydrogen) atoms. The SMILES string of the molecule is COCCNC(=O)c1cnc(Nc2cccc(C(F)(F)F)c2C)c2ccc(C)n12.Cl. The van der Waals surface area contributed by atoms with E-state index in [4.69, 9.17) is 4.74 Å². The summed E-state index contributed by atoms with van der Waals surface area (Å²) in [6, 6.07) is 7.52. The van der Waals surface area contributed by atoms with Crippen molar-refractivity contribution < 1.29 is 22.7 Å². The molecule has 10 heteroatoms. The first-order valence-corrected chi connectivity index (χ1v) is 8.92. The quantitative estimate of drug-likeness (QED) is 0.551. The van der Waals surface area contributed by atoms with Crippen molar-refractivity contribution in [2.75, 3.05) is 25.6 Å². The second kappa shape index (κ2) is 9.36. The van der Waals surface area contributed by atoms with Gasteiger partial charge in [-0.05, 0) is 43.7 Å². The largest absolute Gasteiger partial charge is 0.416 e. The summed E-state index contributed by atoms with van der Waals surface area (Å²) >= 11 is 0. The molecule has 0 atom stereocenters. The monoisotopic (exact) mass is 442 g/mol. The van der Waals surface area contributed by atoms with Gasteiger partial charge in [-0.15, -0.1) is 12.4 Å². The first-order chi connectivity index (χ1) is 13.7. The van der Waals surface area contributed by atoms with Crippen LogP contribution in [0.3, 0.4) is 0 Å². The van der Waals surface area contributed by atoms with Crippen molar-refractivity contribution in [1.82, 2.24) is 14.7 Å². The van der Waals surface area contributed by atoms with Crippen molar-refractivity contribution in [3.8, 4) is 0 Å². The van der Waals surface area contributed by atoms with Gasteiger partial charge in [-0.1, -0.05) is 6.07 Å². The molecule has 2 aromatic heterocycles. The van der Waals surface area contributed by atoms with Crippen molar-refractivity contribution in [3.63, 3.8) is 0 Å². The van der Waals surface area contributed by atoms with Gasteiger partial charge in [0, 0.05) is 25.0 Å². The van der Waals surface area contributed by atoms with Gasteiger partial charge in [0.05, 0.1) is 23.9 Å². The predicted molar refractivity (Wildman–Crippen MR) is 111 cm³/mol. The number of fused-ring (bicyclic) bond motifs is 1. The number of ether oxygens (including phenoxy) is 1. The van der Waals surface area contributed by atoms with Crippen LogP contribution in [0.2, 0.25) is 0 Å². The molecule has 0 unspecified atom stereocenters. The third-order valence-electron chi connectivity index (χ3n) is 4.59. The van der Waals surface area contributed by atoms with Crippen LogP contribution in [0.15, 0.2) is 36.5 Å². The van der Waals surface area contributed by atoms with Gasteiger partial charge < -0.3 is 19.8 Å². The van der Waals surface area contributed by atoms with Gasteiger partial charge in [0.2, 0.25) is 0 Å². The van der Waals surface area contributed by atoms with Crippen LogP contribution in [-0.2, 0) is 10.9 Å². The number of hydrogen-bond acceptors (Lipinski definition) is 4. The summed E-state index contributed by atoms with van der Waals surface area (Å²) in [4.78, 5) is 16.8. The Bertz CT molecular complexity index is 1050. The van der Waals surface area contributed by atoms with Crippen LogP contribution < -0.4 is 10.6 Å². The summed E-state index contributed by atoms with van der Waals surface area (Å²) < 4.78 is 46.2. The average Bonchev–Trinajstić information content (AvgIpc) is 3.05. The maximum atomic E-state index is 13.2. The number of carbonyl (C=O) groups is 1. The topological polar surface area (TPSA) is 67.7 Å². The van der Waals surface area contributed by atoms with Crippen LogP contribution in [-0.4, -0.2) is 35.6 Å². The first kappa shape index (κ1) is 23.5. The molecule has 0 aliphatic heterocycles. The summed E-state index contributed by atoms with van der Waals surface area (Å²) in [7, 11) is 1.54. The average molecular weight is 443 g/mol. The zero-order chi connectivity index (χ0) is 21.2. The second-order valence-electron chi connectivity index (χ2n) is 6.54. The fourth-order valence-corrected chi connectivity index (χ4v) is 3.11. The number of amides is 1. The maximum Gasteiger partial charge on any atom is 0.416 e. The first-order valence-electron chi connectivity index (χ1n) is 8.92. The molecule has 0 saturated heterocycles. The molecule has 3 aromatic rings. The zero-order valence-electron chi connectivity index (χ0n) is 16.6. The van der Waals surface area contributed by atoms with Crippen molar-refractivity contribution in [1.29, 1.82) is 0 Å². The van der Waals surface area contributed by atoms with Crippen LogP contribution in [0.4, 0.5) is 24.7 Å². The molecule has 0 aliphatic rings. The number of alkyl halides is 3. The molecule has 6 nitrogen and oxygen atoms in total. The van der Waals surface area contributed by atoms with Gasteiger partial charge in [-0.2, -0.15) is 13.2 Å². The summed E-state index contributed by atoms with van der Waals surface area (Å²) in [5.41, 5.74) is 1.36. The Morgan fingerprint density at radius 1 is 1.20 bits per heavy atom. The van der Waals surface area contributed by atoms with E-state index >= 15 is 0 Å². The van der Waals surface area contributed by atoms with E-state index in [1.807, 2.05) is 13.0 Å². The highest BCUT2D eigenvalue weighted by Crippen LogP contribution is 2.35. The minimum absolute atomic E-state index is 0. The van der Waals surface area contributed by atoms with Crippen LogP contribution in [0.25, 0.3) is 5.52 Å². The Kier molecular flexibility index (Phi) is 7.33. The Morgan fingerprint density at radius 2 is 1.93 bits per heavy atom. The van der Waals surface area contributed by atoms with E-state index in [0.717, 1.165) is 11.8 Å². The minimum Gasteiger partial charge on any atom is -0.383 e. The predicted octanol–water partition coefficient (Wildman–Crippen LogP) is 4.51. The number of benzene rings is 1. The number of rotatable bonds is 6. The number of halogens is 4. The molecule has 0 spiro atoms. The van der Waals surface area contributed by atoms with Crippen molar-refractivity contribution >= 4 is 35.3 Å². The smallest absolute Gasteiger partial charge is 0.383 e. The number of nitrogens with one attached hydrogen (secondary N) is 2. The van der Waals surface area contributed by atoms with Gasteiger partial charge in [0.1, 0.15) is 5.69 Å². The summed E-state index contributed by atoms with van der Waals surface area (Å²) in [6.07, 6.45) is -3.05. The number of nitrogens with zero attached hydrogens (tertiary/aromatic N) is 2. The van der Waals surface area contributed by atoms with Gasteiger partial charge in [0.25, 0.3) is 5.91 Å². The standard InChI is InChI=1S/C20H21F3N4O2.ClH/c1-12-7-8-16-18(25-11-17(27(12)16)19(28)24-9-10-29-3)26-15-6-4-5-14(13(15)2)20(21,22)23;/h4-8,11H,9-10H2,1-3H3,(H,24,28)(H,25,26);1H. The third-order valence-corrected chi connectivity index (χ3v) is 4.59. The van der Waals surface area contributed by atoms with Crippen LogP contribution in [0.1, 0.15) is 27.3 Å². The lowest BCUT2D eigenvalue weighted by Crippen LogP contribution is -2.29. The highest BCUT2D eigenvalue weighted by atomic mass is 35.5. The van der Waals surface area contributed by atoms with Crippen molar-refractivity contribution in [2.24, 2.45) is 0 Å². The highest BCUT2D eigenvalue weighted by Gasteiger charge is 2.33. The van der Waals surface area contributed by atoms with E-state index in [9.17, 15) is 18.0 Å². The number of anilines is 2. The molecule has 1 aromatic carbocycles. The van der Waals surface area contributed by atoms with Crippen LogP contribution in [0.5, 0.6) is 0 Å². The molecule has 1 amide bonds. The van der Waals surface area contributed by atoms with E-state index in [2.05, 4.69) is 15.6 Å². The van der Waals surface area contributed by atoms with E-state index in [1.54, 1.807) is 16.5 Å². The fraction of sp³-hybridized carbons (Fsp3) is 0.300. The molecule has 2 heterocycles. The van der Waals surface area contributed by atoms with E-state index < -0.39 is 11.7 Å². The summed E-state index contributed by atoms with van der Waals surface area (Å²) in [5, 5.41) is 5.72. The third kappa shape index (κ3) is 4.68. The van der Waals surface area contributed by atoms with E-state index in [1.165, 1.54) is 26.3 Å². The molecule has 0 fully saturated rings. The van der Waals surface area contributed by atoms with Crippen LogP contribution in [0, 0.1) is 13.8 Å². The number of hydrogen-bond donors (Lipinski definition) is 2. The lowest BCUT2D eigenvalue weighted by Gasteiger charge is -2.16. The number of carbonyl (C=O) groups excluding carboxylic acids is 1. The molecular formula is C20H22ClF3N4O2. The zero-order valence-corrected chi connectivity index (χ0v) is 17.4. The summed E-state index contributed by atoms with van der Waals surface area (Å²) in [6.45, 7) is 3.96. The fourth-order valence-electron chi connectivity index (χ4n) is 3.11. The number of aromatic nitrogens is 2. The van der Waals surface area contributed by atoms with Crippen LogP contribution >= 0.6 is 12.4 Å². The van der Waals surface area contributed by atoms with Crippen molar-refractivity contribution in [2.45, 2.75) is 20.0 Å². The lowest BCUT2D eigenvalue weighted by atomic mass is 10.1. The molecule has 2 N–H and O–H groups in total. The van der Waals surface area contributed by atoms with E-state index in [0.29, 0.717) is 35.9 Å². The Morgan fingerprint density at radius 3 is 2.60 bits per heavy atom. The molecular weight excluding hydrogens is 421 g/mol. The van der Waals surface area contributed by atoms with Gasteiger partial charge >= 0.3 is 6.18 Å². The highest BCUT2D eigenvalue weighted by molar-refractivity contribution is 5.94. The van der Waals surface area contributed by atoms with E-state index in [-0.39, 0.29) is 23.9 Å². The van der Waals surface area contributed by atoms with Gasteiger partial charge in [-0.25, -0.2) is 4.98 Å². The molecule has 0 bridgehead atoms. The molecule has 162 valence electrons. The Hall–Kier alpha value is -2.78. The number of aryl methyl sites for hydroxylation is 1. The maximum absolute atomic E-state index is 13.2. The Labute approximate surface area is 177 Å². The lowest BCUT2D eigenvalue weighted by molar-refractivity contribution is -0.138. The van der Waals surface area contributed by atoms with Gasteiger partial charge in [-0.3, -0.25) is 4.79 Å². The molecule has 0 aliphatic carbocycles. The Balaban J connectivity index is 0.00000320. The second-order valence-corrected chi connectivity index (χ2v) is 6.54. The van der Waals surface area contributed by atoms with Gasteiger partial charge in [0.15, 0.2) is 5.82 Å². The minimum atomic E-state index is -4.44. The summed E-state index contributed by atoms with van der Waals surface area (Å²) in [5.74, 6) is 0.0367. The molecule has 0 radical (unpaired) electrons. The molecule has 0 saturated carbocycles. The molecule has 3 rings (SSSR count). The number of methoxy groups -OCH3 is 1.